The molecule has 3 amide bonds. The third-order valence-electron chi connectivity index (χ3n) is 6.73. The second kappa shape index (κ2) is 12.9. The van der Waals surface area contributed by atoms with Crippen LogP contribution in [0.4, 0.5) is 10.6 Å². The number of hydrogen-bond acceptors (Lipinski definition) is 5. The molecule has 1 aliphatic rings. The third kappa shape index (κ3) is 6.84. The van der Waals surface area contributed by atoms with Crippen molar-refractivity contribution in [1.82, 2.24) is 25.3 Å². The molecule has 1 N–H and O–H groups in total. The summed E-state index contributed by atoms with van der Waals surface area (Å²) < 4.78 is 0. The van der Waals surface area contributed by atoms with Crippen molar-refractivity contribution in [3.63, 3.8) is 0 Å². The minimum Gasteiger partial charge on any atom is -0.353 e. The van der Waals surface area contributed by atoms with Crippen LogP contribution in [0.2, 0.25) is 0 Å². The molecule has 8 nitrogen and oxygen atoms in total. The van der Waals surface area contributed by atoms with Gasteiger partial charge < -0.3 is 20.0 Å². The first kappa shape index (κ1) is 26.1. The van der Waals surface area contributed by atoms with Gasteiger partial charge in [-0.2, -0.15) is 0 Å². The van der Waals surface area contributed by atoms with Crippen LogP contribution in [-0.2, 0) is 4.79 Å². The second-order valence-corrected chi connectivity index (χ2v) is 9.31. The van der Waals surface area contributed by atoms with E-state index < -0.39 is 0 Å². The Labute approximate surface area is 219 Å². The molecule has 0 spiro atoms. The van der Waals surface area contributed by atoms with Crippen LogP contribution in [0.5, 0.6) is 0 Å². The van der Waals surface area contributed by atoms with Crippen molar-refractivity contribution in [3.8, 4) is 11.3 Å². The molecule has 1 fully saturated rings. The van der Waals surface area contributed by atoms with Crippen LogP contribution in [0.15, 0.2) is 72.8 Å². The summed E-state index contributed by atoms with van der Waals surface area (Å²) in [6.45, 7) is 7.28. The van der Waals surface area contributed by atoms with E-state index in [0.717, 1.165) is 42.0 Å². The highest BCUT2D eigenvalue weighted by atomic mass is 16.2. The molecule has 1 atom stereocenters. The summed E-state index contributed by atoms with van der Waals surface area (Å²) >= 11 is 0. The van der Waals surface area contributed by atoms with E-state index in [4.69, 9.17) is 0 Å². The quantitative estimate of drug-likeness (QED) is 0.497. The summed E-state index contributed by atoms with van der Waals surface area (Å²) in [6.07, 6.45) is 1.66. The highest BCUT2D eigenvalue weighted by Gasteiger charge is 2.27. The number of nitrogens with zero attached hydrogens (tertiary/aromatic N) is 5. The summed E-state index contributed by atoms with van der Waals surface area (Å²) in [5, 5.41) is 11.8. The minimum absolute atomic E-state index is 0.0389. The SMILES string of the molecule is CCCNC(=O)N(CC(=O)N1CCCN(c2ccc(-c3ccccc3)nn2)CC1)[C@@H](C)c1ccccc1. The first-order valence-corrected chi connectivity index (χ1v) is 13.1. The van der Waals surface area contributed by atoms with Gasteiger partial charge in [0.05, 0.1) is 11.7 Å². The third-order valence-corrected chi connectivity index (χ3v) is 6.73. The first-order chi connectivity index (χ1) is 18.1. The fourth-order valence-corrected chi connectivity index (χ4v) is 4.53. The lowest BCUT2D eigenvalue weighted by molar-refractivity contribution is -0.132. The molecule has 2 heterocycles. The zero-order valence-corrected chi connectivity index (χ0v) is 21.7. The van der Waals surface area contributed by atoms with Crippen molar-refractivity contribution in [2.45, 2.75) is 32.7 Å². The Bertz CT molecular complexity index is 1140. The monoisotopic (exact) mass is 500 g/mol. The van der Waals surface area contributed by atoms with E-state index in [9.17, 15) is 9.59 Å². The van der Waals surface area contributed by atoms with Gasteiger partial charge in [-0.3, -0.25) is 4.79 Å². The van der Waals surface area contributed by atoms with E-state index in [-0.39, 0.29) is 24.5 Å². The maximum absolute atomic E-state index is 13.4. The molecule has 1 aromatic heterocycles. The van der Waals surface area contributed by atoms with E-state index in [0.29, 0.717) is 26.2 Å². The molecule has 8 heteroatoms. The van der Waals surface area contributed by atoms with Crippen LogP contribution in [0.1, 0.15) is 38.3 Å². The molecule has 3 aromatic rings. The maximum atomic E-state index is 13.4. The summed E-state index contributed by atoms with van der Waals surface area (Å²) in [6, 6.07) is 23.4. The number of amides is 3. The predicted molar refractivity (Wildman–Crippen MR) is 146 cm³/mol. The predicted octanol–water partition coefficient (Wildman–Crippen LogP) is 4.37. The lowest BCUT2D eigenvalue weighted by atomic mass is 10.1. The average molecular weight is 501 g/mol. The number of carbonyl (C=O) groups excluding carboxylic acids is 2. The Kier molecular flexibility index (Phi) is 9.08. The van der Waals surface area contributed by atoms with Crippen molar-refractivity contribution >= 4 is 17.8 Å². The maximum Gasteiger partial charge on any atom is 0.318 e. The number of nitrogens with one attached hydrogen (secondary N) is 1. The molecule has 0 saturated carbocycles. The summed E-state index contributed by atoms with van der Waals surface area (Å²) in [5.74, 6) is 0.772. The van der Waals surface area contributed by atoms with E-state index in [2.05, 4.69) is 20.4 Å². The highest BCUT2D eigenvalue weighted by molar-refractivity contribution is 5.84. The van der Waals surface area contributed by atoms with Gasteiger partial charge in [-0.05, 0) is 37.5 Å². The van der Waals surface area contributed by atoms with Crippen molar-refractivity contribution in [2.75, 3.05) is 44.2 Å². The number of rotatable bonds is 8. The average Bonchev–Trinajstić information content (AvgIpc) is 3.22. The summed E-state index contributed by atoms with van der Waals surface area (Å²) in [7, 11) is 0. The van der Waals surface area contributed by atoms with Gasteiger partial charge in [0.1, 0.15) is 6.54 Å². The van der Waals surface area contributed by atoms with Crippen molar-refractivity contribution in [2.24, 2.45) is 0 Å². The number of hydrogen-bond donors (Lipinski definition) is 1. The zero-order chi connectivity index (χ0) is 26.0. The fraction of sp³-hybridized carbons (Fsp3) is 0.379. The Balaban J connectivity index is 1.39. The minimum atomic E-state index is -0.219. The van der Waals surface area contributed by atoms with Crippen LogP contribution in [0.25, 0.3) is 11.3 Å². The molecular weight excluding hydrogens is 464 g/mol. The molecule has 37 heavy (non-hydrogen) atoms. The lowest BCUT2D eigenvalue weighted by Gasteiger charge is -2.31. The van der Waals surface area contributed by atoms with Crippen LogP contribution >= 0.6 is 0 Å². The van der Waals surface area contributed by atoms with Crippen molar-refractivity contribution < 1.29 is 9.59 Å². The van der Waals surface area contributed by atoms with Gasteiger partial charge in [0.15, 0.2) is 5.82 Å². The van der Waals surface area contributed by atoms with Crippen LogP contribution in [-0.4, -0.2) is 71.2 Å². The second-order valence-electron chi connectivity index (χ2n) is 9.31. The smallest absolute Gasteiger partial charge is 0.318 e. The number of carbonyl (C=O) groups is 2. The molecule has 4 rings (SSSR count). The van der Waals surface area contributed by atoms with Crippen LogP contribution < -0.4 is 10.2 Å². The first-order valence-electron chi connectivity index (χ1n) is 13.1. The highest BCUT2D eigenvalue weighted by Crippen LogP contribution is 2.22. The van der Waals surface area contributed by atoms with Gasteiger partial charge >= 0.3 is 6.03 Å². The number of aromatic nitrogens is 2. The molecule has 0 radical (unpaired) electrons. The van der Waals surface area contributed by atoms with Gasteiger partial charge in [-0.25, -0.2) is 4.79 Å². The van der Waals surface area contributed by atoms with E-state index in [1.165, 1.54) is 0 Å². The molecule has 194 valence electrons. The van der Waals surface area contributed by atoms with E-state index in [1.807, 2.05) is 91.5 Å². The van der Waals surface area contributed by atoms with Crippen molar-refractivity contribution in [3.05, 3.63) is 78.4 Å². The molecule has 0 bridgehead atoms. The largest absolute Gasteiger partial charge is 0.353 e. The standard InChI is InChI=1S/C29H36N6O2/c1-3-17-30-29(37)35(23(2)24-11-6-4-7-12-24)22-28(36)34-19-10-18-33(20-21-34)27-16-15-26(31-32-27)25-13-8-5-9-14-25/h4-9,11-16,23H,3,10,17-22H2,1-2H3,(H,30,37)/t23-/m0/s1. The van der Waals surface area contributed by atoms with Crippen LogP contribution in [0.3, 0.4) is 0 Å². The van der Waals surface area contributed by atoms with Crippen LogP contribution in [0, 0.1) is 0 Å². The Morgan fingerprint density at radius 3 is 2.32 bits per heavy atom. The molecule has 1 aliphatic heterocycles. The molecular formula is C29H36N6O2. The normalized spacial score (nSPS) is 14.5. The number of urea groups is 1. The summed E-state index contributed by atoms with van der Waals surface area (Å²) in [4.78, 5) is 32.0. The number of anilines is 1. The van der Waals surface area contributed by atoms with Gasteiger partial charge in [0.25, 0.3) is 0 Å². The van der Waals surface area contributed by atoms with Crippen molar-refractivity contribution in [1.29, 1.82) is 0 Å². The van der Waals surface area contributed by atoms with E-state index in [1.54, 1.807) is 4.90 Å². The Hall–Kier alpha value is -3.94. The zero-order valence-electron chi connectivity index (χ0n) is 21.7. The summed E-state index contributed by atoms with van der Waals surface area (Å²) in [5.41, 5.74) is 2.87. The molecule has 0 unspecified atom stereocenters. The fourth-order valence-electron chi connectivity index (χ4n) is 4.53. The molecule has 1 saturated heterocycles. The topological polar surface area (TPSA) is 81.7 Å². The molecule has 0 aliphatic carbocycles. The number of benzene rings is 2. The Morgan fingerprint density at radius 1 is 0.919 bits per heavy atom. The van der Waals surface area contributed by atoms with Gasteiger partial charge in [0.2, 0.25) is 5.91 Å². The Morgan fingerprint density at radius 2 is 1.65 bits per heavy atom. The lowest BCUT2D eigenvalue weighted by Crippen LogP contribution is -2.48. The molecule has 2 aromatic carbocycles. The van der Waals surface area contributed by atoms with Gasteiger partial charge in [-0.15, -0.1) is 10.2 Å². The van der Waals surface area contributed by atoms with Gasteiger partial charge in [0, 0.05) is 38.3 Å². The van der Waals surface area contributed by atoms with Gasteiger partial charge in [-0.1, -0.05) is 67.6 Å². The van der Waals surface area contributed by atoms with E-state index >= 15 is 0 Å².